The minimum absolute atomic E-state index is 0.551. The van der Waals surface area contributed by atoms with Crippen LogP contribution in [0.4, 0.5) is 0 Å². The van der Waals surface area contributed by atoms with E-state index in [0.29, 0.717) is 32.5 Å². The van der Waals surface area contributed by atoms with Gasteiger partial charge < -0.3 is 0 Å². The lowest BCUT2D eigenvalue weighted by molar-refractivity contribution is -0.258. The van der Waals surface area contributed by atoms with E-state index in [1.54, 1.807) is 0 Å². The average molecular weight is 413 g/mol. The van der Waals surface area contributed by atoms with Gasteiger partial charge in [-0.2, -0.15) is 0 Å². The predicted molar refractivity (Wildman–Crippen MR) is 129 cm³/mol. The lowest BCUT2D eigenvalue weighted by Gasteiger charge is -2.75. The summed E-state index contributed by atoms with van der Waals surface area (Å²) >= 11 is 0. The molecule has 0 heteroatoms. The van der Waals surface area contributed by atoms with Crippen molar-refractivity contribution in [1.29, 1.82) is 0 Å². The zero-order chi connectivity index (χ0) is 21.8. The van der Waals surface area contributed by atoms with Gasteiger partial charge in [-0.25, -0.2) is 0 Å². The van der Waals surface area contributed by atoms with E-state index in [-0.39, 0.29) is 0 Å². The van der Waals surface area contributed by atoms with E-state index in [0.717, 1.165) is 23.7 Å². The van der Waals surface area contributed by atoms with Crippen LogP contribution in [-0.4, -0.2) is 0 Å². The summed E-state index contributed by atoms with van der Waals surface area (Å²) < 4.78 is 0. The van der Waals surface area contributed by atoms with Crippen molar-refractivity contribution in [2.75, 3.05) is 0 Å². The summed E-state index contributed by atoms with van der Waals surface area (Å²) in [6, 6.07) is 0. The Bertz CT molecular complexity index is 705. The van der Waals surface area contributed by atoms with E-state index in [2.05, 4.69) is 55.4 Å². The molecule has 5 aliphatic carbocycles. The van der Waals surface area contributed by atoms with Crippen LogP contribution < -0.4 is 0 Å². The Morgan fingerprint density at radius 3 is 1.90 bits per heavy atom. The highest BCUT2D eigenvalue weighted by Gasteiger charge is 2.70. The maximum atomic E-state index is 2.81. The molecule has 5 rings (SSSR count). The minimum atomic E-state index is 0.551. The van der Waals surface area contributed by atoms with E-state index in [4.69, 9.17) is 0 Å². The van der Waals surface area contributed by atoms with E-state index in [9.17, 15) is 0 Å². The normalized spacial score (nSPS) is 60.0. The molecule has 30 heavy (non-hydrogen) atoms. The van der Waals surface area contributed by atoms with Gasteiger partial charge in [-0.1, -0.05) is 68.2 Å². The van der Waals surface area contributed by atoms with Crippen molar-refractivity contribution >= 4 is 0 Å². The summed E-state index contributed by atoms with van der Waals surface area (Å²) in [7, 11) is 0. The van der Waals surface area contributed by atoms with Gasteiger partial charge in [-0.15, -0.1) is 0 Å². The smallest absolute Gasteiger partial charge is 0.0235 e. The molecule has 5 saturated carbocycles. The molecule has 0 spiro atoms. The van der Waals surface area contributed by atoms with Gasteiger partial charge in [0.15, 0.2) is 0 Å². The first-order chi connectivity index (χ1) is 13.8. The topological polar surface area (TPSA) is 0 Å². The summed E-state index contributed by atoms with van der Waals surface area (Å²) in [5.74, 6) is 3.81. The molecule has 0 N–H and O–H groups in total. The van der Waals surface area contributed by atoms with Gasteiger partial charge in [-0.3, -0.25) is 0 Å². The summed E-state index contributed by atoms with van der Waals surface area (Å²) in [5.41, 5.74) is 3.48. The van der Waals surface area contributed by atoms with E-state index < -0.39 is 0 Å². The molecule has 0 saturated heterocycles. The second-order valence-corrected chi connectivity index (χ2v) is 15.4. The highest BCUT2D eigenvalue weighted by molar-refractivity contribution is 5.19. The Hall–Kier alpha value is 0. The third kappa shape index (κ3) is 2.58. The molecule has 0 bridgehead atoms. The summed E-state index contributed by atoms with van der Waals surface area (Å²) in [5, 5.41) is 0. The van der Waals surface area contributed by atoms with Crippen molar-refractivity contribution in [2.45, 2.75) is 132 Å². The van der Waals surface area contributed by atoms with E-state index >= 15 is 0 Å². The lowest BCUT2D eigenvalue weighted by Crippen LogP contribution is -2.67. The van der Waals surface area contributed by atoms with Crippen molar-refractivity contribution in [3.63, 3.8) is 0 Å². The van der Waals surface area contributed by atoms with Crippen LogP contribution in [0.3, 0.4) is 0 Å². The molecule has 0 aromatic carbocycles. The SMILES string of the molecule is C[C@H]1CCC[C@H]2[C@]3(C)CC[C@@]4(C)[C@@H]5CC(C)(C)CC[C@]5(C)CCC4(C)[C@H]3CC[C@@]21C. The van der Waals surface area contributed by atoms with Gasteiger partial charge in [-0.05, 0) is 120 Å². The largest absolute Gasteiger partial charge is 0.0620 e. The summed E-state index contributed by atoms with van der Waals surface area (Å²) in [6.07, 6.45) is 18.0. The first kappa shape index (κ1) is 21.8. The molecule has 0 nitrogen and oxygen atoms in total. The van der Waals surface area contributed by atoms with Crippen LogP contribution in [0.1, 0.15) is 132 Å². The van der Waals surface area contributed by atoms with Gasteiger partial charge in [0.1, 0.15) is 0 Å². The minimum Gasteiger partial charge on any atom is -0.0620 e. The monoisotopic (exact) mass is 412 g/mol. The zero-order valence-electron chi connectivity index (χ0n) is 21.8. The number of hydrogen-bond donors (Lipinski definition) is 0. The van der Waals surface area contributed by atoms with Crippen LogP contribution in [0.5, 0.6) is 0 Å². The van der Waals surface area contributed by atoms with Crippen LogP contribution in [0, 0.1) is 56.2 Å². The molecule has 5 aliphatic rings. The predicted octanol–water partition coefficient (Wildman–Crippen LogP) is 9.28. The Balaban J connectivity index is 1.55. The molecule has 0 aromatic rings. The van der Waals surface area contributed by atoms with Crippen molar-refractivity contribution in [1.82, 2.24) is 0 Å². The molecule has 0 aromatic heterocycles. The molecule has 5 fully saturated rings. The zero-order valence-corrected chi connectivity index (χ0v) is 21.8. The Morgan fingerprint density at radius 1 is 0.533 bits per heavy atom. The molecule has 172 valence electrons. The van der Waals surface area contributed by atoms with Crippen LogP contribution in [0.2, 0.25) is 0 Å². The maximum Gasteiger partial charge on any atom is -0.0235 e. The number of hydrogen-bond acceptors (Lipinski definition) is 0. The maximum absolute atomic E-state index is 2.81. The quantitative estimate of drug-likeness (QED) is 0.372. The van der Waals surface area contributed by atoms with Crippen molar-refractivity contribution < 1.29 is 0 Å². The fourth-order valence-electron chi connectivity index (χ4n) is 11.3. The third-order valence-electron chi connectivity index (χ3n) is 13.8. The van der Waals surface area contributed by atoms with Crippen LogP contribution in [0.15, 0.2) is 0 Å². The molecule has 0 amide bonds. The molecule has 9 atom stereocenters. The fraction of sp³-hybridized carbons (Fsp3) is 1.00. The Labute approximate surface area is 188 Å². The fourth-order valence-corrected chi connectivity index (χ4v) is 11.3. The molecule has 0 radical (unpaired) electrons. The van der Waals surface area contributed by atoms with Gasteiger partial charge in [0, 0.05) is 0 Å². The second-order valence-electron chi connectivity index (χ2n) is 15.4. The summed E-state index contributed by atoms with van der Waals surface area (Å²) in [4.78, 5) is 0. The standard InChI is InChI=1S/C30H52/c1-21-10-9-11-22-27(21,5)13-12-23-28(22,6)17-19-30(8)24-20-25(2,3)14-15-26(24,4)16-18-29(23,30)7/h21-24H,9-20H2,1-8H3/t21-,22+,23-,24+,26+,27+,28-,29?,30-/m0/s1. The van der Waals surface area contributed by atoms with Gasteiger partial charge >= 0.3 is 0 Å². The Morgan fingerprint density at radius 2 is 1.17 bits per heavy atom. The van der Waals surface area contributed by atoms with E-state index in [1.165, 1.54) is 77.0 Å². The van der Waals surface area contributed by atoms with Gasteiger partial charge in [0.05, 0.1) is 0 Å². The first-order valence-corrected chi connectivity index (χ1v) is 13.8. The molecule has 0 aliphatic heterocycles. The van der Waals surface area contributed by atoms with Crippen LogP contribution in [0.25, 0.3) is 0 Å². The number of fused-ring (bicyclic) bond motifs is 7. The molecule has 0 heterocycles. The highest BCUT2D eigenvalue weighted by atomic mass is 14.7. The lowest BCUT2D eigenvalue weighted by atomic mass is 9.30. The average Bonchev–Trinajstić information content (AvgIpc) is 2.67. The molecular formula is C30H52. The second kappa shape index (κ2) is 6.32. The third-order valence-corrected chi connectivity index (χ3v) is 13.8. The number of rotatable bonds is 0. The van der Waals surface area contributed by atoms with E-state index in [1.807, 2.05) is 0 Å². The van der Waals surface area contributed by atoms with Gasteiger partial charge in [0.25, 0.3) is 0 Å². The molecule has 1 unspecified atom stereocenters. The highest BCUT2D eigenvalue weighted by Crippen LogP contribution is 2.78. The Kier molecular flexibility index (Phi) is 4.59. The van der Waals surface area contributed by atoms with Crippen molar-refractivity contribution in [2.24, 2.45) is 56.2 Å². The van der Waals surface area contributed by atoms with Crippen molar-refractivity contribution in [3.8, 4) is 0 Å². The van der Waals surface area contributed by atoms with Crippen LogP contribution >= 0.6 is 0 Å². The summed E-state index contributed by atoms with van der Waals surface area (Å²) in [6.45, 7) is 21.6. The molecular weight excluding hydrogens is 360 g/mol. The van der Waals surface area contributed by atoms with Gasteiger partial charge in [0.2, 0.25) is 0 Å². The van der Waals surface area contributed by atoms with Crippen LogP contribution in [-0.2, 0) is 0 Å². The van der Waals surface area contributed by atoms with Crippen molar-refractivity contribution in [3.05, 3.63) is 0 Å². The first-order valence-electron chi connectivity index (χ1n) is 13.8.